The predicted octanol–water partition coefficient (Wildman–Crippen LogP) is 3.56. The number of halogens is 1. The summed E-state index contributed by atoms with van der Waals surface area (Å²) in [5, 5.41) is 0.662. The van der Waals surface area contributed by atoms with E-state index in [1.165, 1.54) is 6.08 Å². The summed E-state index contributed by atoms with van der Waals surface area (Å²) in [5.41, 5.74) is 1.49. The topological polar surface area (TPSA) is 32.9 Å². The van der Waals surface area contributed by atoms with Crippen molar-refractivity contribution in [3.8, 4) is 0 Å². The van der Waals surface area contributed by atoms with Crippen LogP contribution in [0.1, 0.15) is 16.1 Å². The van der Waals surface area contributed by atoms with E-state index in [2.05, 4.69) is 4.98 Å². The molecule has 2 aromatic rings. The van der Waals surface area contributed by atoms with Crippen molar-refractivity contribution in [3.63, 3.8) is 0 Å². The largest absolute Gasteiger partial charge is 0.359 e. The highest BCUT2D eigenvalue weighted by Gasteiger charge is 2.00. The van der Waals surface area contributed by atoms with Gasteiger partial charge in [-0.3, -0.25) is 4.79 Å². The van der Waals surface area contributed by atoms with Gasteiger partial charge in [-0.15, -0.1) is 0 Å². The van der Waals surface area contributed by atoms with Crippen LogP contribution in [-0.4, -0.2) is 10.8 Å². The molecule has 0 bridgehead atoms. The van der Waals surface area contributed by atoms with Gasteiger partial charge in [0.15, 0.2) is 0 Å². The Kier molecular flexibility index (Phi) is 3.22. The molecule has 1 N–H and O–H groups in total. The number of carbonyl (C=O) groups excluding carboxylic acids is 1. The number of hydrogen-bond acceptors (Lipinski definition) is 1. The van der Waals surface area contributed by atoms with E-state index in [1.54, 1.807) is 36.5 Å². The maximum atomic E-state index is 11.6. The first-order chi connectivity index (χ1) is 7.75. The van der Waals surface area contributed by atoms with Crippen molar-refractivity contribution in [3.05, 3.63) is 65.0 Å². The van der Waals surface area contributed by atoms with E-state index < -0.39 is 0 Å². The monoisotopic (exact) mass is 231 g/mol. The van der Waals surface area contributed by atoms with Crippen LogP contribution in [0.15, 0.2) is 48.7 Å². The molecule has 0 unspecified atom stereocenters. The van der Waals surface area contributed by atoms with E-state index in [1.807, 2.05) is 12.1 Å². The summed E-state index contributed by atoms with van der Waals surface area (Å²) < 4.78 is 0. The van der Waals surface area contributed by atoms with Crippen molar-refractivity contribution in [1.82, 2.24) is 4.98 Å². The fraction of sp³-hybridized carbons (Fsp3) is 0. The number of H-pyrrole nitrogens is 1. The van der Waals surface area contributed by atoms with Gasteiger partial charge in [-0.2, -0.15) is 0 Å². The van der Waals surface area contributed by atoms with Crippen LogP contribution in [0.2, 0.25) is 5.02 Å². The van der Waals surface area contributed by atoms with Crippen LogP contribution in [0.4, 0.5) is 0 Å². The van der Waals surface area contributed by atoms with Crippen molar-refractivity contribution >= 4 is 23.5 Å². The van der Waals surface area contributed by atoms with Crippen LogP contribution in [-0.2, 0) is 0 Å². The Labute approximate surface area is 98.6 Å². The van der Waals surface area contributed by atoms with Crippen LogP contribution >= 0.6 is 11.6 Å². The van der Waals surface area contributed by atoms with Gasteiger partial charge in [0, 0.05) is 11.2 Å². The number of benzene rings is 1. The van der Waals surface area contributed by atoms with Crippen LogP contribution < -0.4 is 0 Å². The summed E-state index contributed by atoms with van der Waals surface area (Å²) in [7, 11) is 0. The Morgan fingerprint density at radius 2 is 2.12 bits per heavy atom. The molecule has 0 aliphatic heterocycles. The Morgan fingerprint density at radius 3 is 2.81 bits per heavy atom. The molecule has 0 radical (unpaired) electrons. The molecule has 0 saturated heterocycles. The molecule has 0 amide bonds. The van der Waals surface area contributed by atoms with Crippen molar-refractivity contribution in [1.29, 1.82) is 0 Å². The minimum absolute atomic E-state index is 0.0509. The highest BCUT2D eigenvalue weighted by atomic mass is 35.5. The normalized spacial score (nSPS) is 10.8. The Bertz CT molecular complexity index is 514. The highest BCUT2D eigenvalue weighted by molar-refractivity contribution is 6.30. The smallest absolute Gasteiger partial charge is 0.201 e. The van der Waals surface area contributed by atoms with Gasteiger partial charge in [-0.25, -0.2) is 0 Å². The van der Waals surface area contributed by atoms with E-state index in [4.69, 9.17) is 11.6 Å². The van der Waals surface area contributed by atoms with E-state index in [0.717, 1.165) is 5.56 Å². The lowest BCUT2D eigenvalue weighted by Gasteiger charge is -1.94. The van der Waals surface area contributed by atoms with Crippen molar-refractivity contribution < 1.29 is 4.79 Å². The molecule has 2 nitrogen and oxygen atoms in total. The number of aromatic amines is 1. The first kappa shape index (κ1) is 10.7. The van der Waals surface area contributed by atoms with E-state index in [0.29, 0.717) is 10.7 Å². The molecule has 0 aliphatic carbocycles. The molecular formula is C13H10ClNO. The second-order valence-electron chi connectivity index (χ2n) is 3.34. The summed E-state index contributed by atoms with van der Waals surface area (Å²) in [6, 6.07) is 10.9. The number of carbonyl (C=O) groups is 1. The summed E-state index contributed by atoms with van der Waals surface area (Å²) in [6.45, 7) is 0. The number of hydrogen-bond donors (Lipinski definition) is 1. The summed E-state index contributed by atoms with van der Waals surface area (Å²) in [5.74, 6) is -0.0509. The lowest BCUT2D eigenvalue weighted by Crippen LogP contribution is -1.93. The van der Waals surface area contributed by atoms with Gasteiger partial charge in [-0.1, -0.05) is 29.8 Å². The summed E-state index contributed by atoms with van der Waals surface area (Å²) in [4.78, 5) is 14.5. The van der Waals surface area contributed by atoms with Crippen molar-refractivity contribution in [2.24, 2.45) is 0 Å². The molecule has 0 aliphatic rings. The molecule has 1 heterocycles. The first-order valence-corrected chi connectivity index (χ1v) is 5.25. The van der Waals surface area contributed by atoms with Crippen molar-refractivity contribution in [2.45, 2.75) is 0 Å². The molecule has 0 saturated carbocycles. The zero-order chi connectivity index (χ0) is 11.4. The van der Waals surface area contributed by atoms with Crippen LogP contribution in [0.5, 0.6) is 0 Å². The minimum Gasteiger partial charge on any atom is -0.359 e. The molecule has 0 spiro atoms. The molecule has 0 fully saturated rings. The van der Waals surface area contributed by atoms with Crippen LogP contribution in [0.25, 0.3) is 6.08 Å². The second kappa shape index (κ2) is 4.81. The average Bonchev–Trinajstić information content (AvgIpc) is 2.79. The number of rotatable bonds is 3. The number of aromatic nitrogens is 1. The van der Waals surface area contributed by atoms with Gasteiger partial charge in [-0.05, 0) is 35.9 Å². The lowest BCUT2D eigenvalue weighted by molar-refractivity contribution is 0.104. The lowest BCUT2D eigenvalue weighted by atomic mass is 10.2. The van der Waals surface area contributed by atoms with E-state index in [-0.39, 0.29) is 5.78 Å². The van der Waals surface area contributed by atoms with Gasteiger partial charge < -0.3 is 4.98 Å². The third-order valence-electron chi connectivity index (χ3n) is 2.14. The molecule has 80 valence electrons. The SMILES string of the molecule is O=C(/C=C/c1cccc(Cl)c1)c1ccc[nH]1. The molecule has 3 heteroatoms. The Hall–Kier alpha value is -1.80. The Morgan fingerprint density at radius 1 is 1.25 bits per heavy atom. The maximum Gasteiger partial charge on any atom is 0.201 e. The minimum atomic E-state index is -0.0509. The van der Waals surface area contributed by atoms with Gasteiger partial charge in [0.2, 0.25) is 5.78 Å². The highest BCUT2D eigenvalue weighted by Crippen LogP contribution is 2.12. The van der Waals surface area contributed by atoms with Gasteiger partial charge in [0.05, 0.1) is 5.69 Å². The van der Waals surface area contributed by atoms with Crippen LogP contribution in [0, 0.1) is 0 Å². The second-order valence-corrected chi connectivity index (χ2v) is 3.77. The summed E-state index contributed by atoms with van der Waals surface area (Å²) >= 11 is 5.83. The fourth-order valence-corrected chi connectivity index (χ4v) is 1.55. The number of ketones is 1. The predicted molar refractivity (Wildman–Crippen MR) is 65.6 cm³/mol. The first-order valence-electron chi connectivity index (χ1n) is 4.87. The maximum absolute atomic E-state index is 11.6. The summed E-state index contributed by atoms with van der Waals surface area (Å²) in [6.07, 6.45) is 4.99. The number of allylic oxidation sites excluding steroid dienone is 1. The molecule has 1 aromatic heterocycles. The zero-order valence-corrected chi connectivity index (χ0v) is 9.24. The molecule has 16 heavy (non-hydrogen) atoms. The third kappa shape index (κ3) is 2.61. The third-order valence-corrected chi connectivity index (χ3v) is 2.37. The molecule has 0 atom stereocenters. The van der Waals surface area contributed by atoms with Gasteiger partial charge in [0.1, 0.15) is 0 Å². The number of nitrogens with one attached hydrogen (secondary N) is 1. The quantitative estimate of drug-likeness (QED) is 0.636. The molecule has 2 rings (SSSR count). The van der Waals surface area contributed by atoms with Gasteiger partial charge in [0.25, 0.3) is 0 Å². The zero-order valence-electron chi connectivity index (χ0n) is 8.48. The fourth-order valence-electron chi connectivity index (χ4n) is 1.36. The van der Waals surface area contributed by atoms with Crippen molar-refractivity contribution in [2.75, 3.05) is 0 Å². The molecular weight excluding hydrogens is 222 g/mol. The standard InChI is InChI=1S/C13H10ClNO/c14-11-4-1-3-10(9-11)6-7-13(16)12-5-2-8-15-12/h1-9,15H/b7-6+. The van der Waals surface area contributed by atoms with Gasteiger partial charge >= 0.3 is 0 Å². The molecule has 1 aromatic carbocycles. The van der Waals surface area contributed by atoms with Crippen LogP contribution in [0.3, 0.4) is 0 Å². The van der Waals surface area contributed by atoms with E-state index >= 15 is 0 Å². The average molecular weight is 232 g/mol. The Balaban J connectivity index is 2.13. The van der Waals surface area contributed by atoms with E-state index in [9.17, 15) is 4.79 Å².